The first-order chi connectivity index (χ1) is 13.2. The molecule has 0 atom stereocenters. The third-order valence-corrected chi connectivity index (χ3v) is 5.24. The molecule has 0 spiro atoms. The molecule has 27 heavy (non-hydrogen) atoms. The molecular weight excluding hydrogens is 342 g/mol. The summed E-state index contributed by atoms with van der Waals surface area (Å²) in [6.45, 7) is 3.75. The van der Waals surface area contributed by atoms with Gasteiger partial charge in [0.1, 0.15) is 0 Å². The zero-order chi connectivity index (χ0) is 18.6. The summed E-state index contributed by atoms with van der Waals surface area (Å²) < 4.78 is 10.8. The van der Waals surface area contributed by atoms with E-state index >= 15 is 0 Å². The van der Waals surface area contributed by atoms with Crippen molar-refractivity contribution in [2.75, 3.05) is 40.0 Å². The number of carbonyl (C=O) groups is 1. The highest BCUT2D eigenvalue weighted by Crippen LogP contribution is 2.36. The third-order valence-electron chi connectivity index (χ3n) is 5.24. The Hall–Kier alpha value is -2.60. The summed E-state index contributed by atoms with van der Waals surface area (Å²) in [6, 6.07) is 7.88. The average Bonchev–Trinajstić information content (AvgIpc) is 3.15. The van der Waals surface area contributed by atoms with Crippen LogP contribution in [0.25, 0.3) is 0 Å². The summed E-state index contributed by atoms with van der Waals surface area (Å²) in [5, 5.41) is 0. The van der Waals surface area contributed by atoms with Gasteiger partial charge >= 0.3 is 0 Å². The topological polar surface area (TPSA) is 54.9 Å². The summed E-state index contributed by atoms with van der Waals surface area (Å²) in [4.78, 5) is 21.2. The van der Waals surface area contributed by atoms with Crippen molar-refractivity contribution in [2.24, 2.45) is 0 Å². The zero-order valence-corrected chi connectivity index (χ0v) is 15.7. The highest BCUT2D eigenvalue weighted by Gasteiger charge is 2.27. The second-order valence-corrected chi connectivity index (χ2v) is 7.17. The minimum Gasteiger partial charge on any atom is -0.454 e. The van der Waals surface area contributed by atoms with Crippen LogP contribution in [0.1, 0.15) is 27.9 Å². The lowest BCUT2D eigenvalue weighted by atomic mass is 9.98. The molecule has 3 heterocycles. The van der Waals surface area contributed by atoms with Crippen LogP contribution >= 0.6 is 0 Å². The molecule has 4 rings (SSSR count). The number of rotatable bonds is 7. The fraction of sp³-hybridized carbons (Fsp3) is 0.429. The van der Waals surface area contributed by atoms with Gasteiger partial charge in [-0.05, 0) is 62.2 Å². The van der Waals surface area contributed by atoms with Crippen molar-refractivity contribution in [3.05, 3.63) is 53.3 Å². The van der Waals surface area contributed by atoms with Gasteiger partial charge < -0.3 is 19.3 Å². The number of amides is 1. The molecule has 2 aromatic rings. The Morgan fingerprint density at radius 2 is 2.07 bits per heavy atom. The Bertz CT molecular complexity index is 810. The zero-order valence-electron chi connectivity index (χ0n) is 15.7. The van der Waals surface area contributed by atoms with Crippen LogP contribution in [0.2, 0.25) is 0 Å². The molecule has 6 heteroatoms. The van der Waals surface area contributed by atoms with E-state index in [2.05, 4.69) is 23.0 Å². The van der Waals surface area contributed by atoms with Gasteiger partial charge in [-0.1, -0.05) is 6.07 Å². The molecule has 2 aliphatic heterocycles. The fourth-order valence-electron chi connectivity index (χ4n) is 3.64. The van der Waals surface area contributed by atoms with Crippen molar-refractivity contribution in [1.82, 2.24) is 14.8 Å². The van der Waals surface area contributed by atoms with E-state index in [-0.39, 0.29) is 12.7 Å². The molecule has 1 aromatic carbocycles. The number of aromatic nitrogens is 1. The Morgan fingerprint density at radius 3 is 2.89 bits per heavy atom. The maximum Gasteiger partial charge on any atom is 0.254 e. The van der Waals surface area contributed by atoms with Crippen molar-refractivity contribution in [3.8, 4) is 11.5 Å². The van der Waals surface area contributed by atoms with Crippen LogP contribution < -0.4 is 9.47 Å². The molecule has 0 unspecified atom stereocenters. The van der Waals surface area contributed by atoms with Gasteiger partial charge in [0.05, 0.1) is 0 Å². The number of hydrogen-bond acceptors (Lipinski definition) is 5. The molecular formula is C21H25N3O3. The van der Waals surface area contributed by atoms with Crippen LogP contribution in [0.4, 0.5) is 0 Å². The molecule has 2 aliphatic rings. The first-order valence-corrected chi connectivity index (χ1v) is 9.50. The van der Waals surface area contributed by atoms with Crippen molar-refractivity contribution in [1.29, 1.82) is 0 Å². The minimum absolute atomic E-state index is 0.104. The highest BCUT2D eigenvalue weighted by molar-refractivity contribution is 5.97. The summed E-state index contributed by atoms with van der Waals surface area (Å²) in [6.07, 6.45) is 6.55. The summed E-state index contributed by atoms with van der Waals surface area (Å²) in [5.74, 6) is 1.54. The number of pyridine rings is 1. The number of fused-ring (bicyclic) bond motifs is 2. The van der Waals surface area contributed by atoms with Crippen LogP contribution in [0, 0.1) is 0 Å². The van der Waals surface area contributed by atoms with Gasteiger partial charge in [0.15, 0.2) is 11.5 Å². The molecule has 1 amide bonds. The Morgan fingerprint density at radius 1 is 1.22 bits per heavy atom. The van der Waals surface area contributed by atoms with E-state index in [1.807, 2.05) is 29.3 Å². The van der Waals surface area contributed by atoms with Crippen LogP contribution in [0.15, 0.2) is 36.7 Å². The lowest BCUT2D eigenvalue weighted by Gasteiger charge is -2.29. The lowest BCUT2D eigenvalue weighted by Crippen LogP contribution is -2.39. The van der Waals surface area contributed by atoms with Gasteiger partial charge in [-0.2, -0.15) is 0 Å². The standard InChI is InChI=1S/C21H25N3O3/c1-23(10-5-16-4-2-7-22-14-16)8-3-9-24-11-6-17-12-19-20(27-15-26-19)13-18(17)21(24)25/h2,4,7,12-14H,3,5-6,8-11,15H2,1H3. The van der Waals surface area contributed by atoms with Crippen molar-refractivity contribution in [2.45, 2.75) is 19.3 Å². The van der Waals surface area contributed by atoms with Crippen LogP contribution in [0.5, 0.6) is 11.5 Å². The fourth-order valence-corrected chi connectivity index (χ4v) is 3.64. The summed E-state index contributed by atoms with van der Waals surface area (Å²) in [7, 11) is 2.13. The summed E-state index contributed by atoms with van der Waals surface area (Å²) >= 11 is 0. The largest absolute Gasteiger partial charge is 0.454 e. The first kappa shape index (κ1) is 17.8. The maximum atomic E-state index is 12.8. The number of nitrogens with zero attached hydrogens (tertiary/aromatic N) is 3. The monoisotopic (exact) mass is 367 g/mol. The lowest BCUT2D eigenvalue weighted by molar-refractivity contribution is 0.0733. The number of carbonyl (C=O) groups excluding carboxylic acids is 1. The molecule has 0 saturated heterocycles. The molecule has 1 aromatic heterocycles. The Balaban J connectivity index is 1.26. The predicted octanol–water partition coefficient (Wildman–Crippen LogP) is 2.37. The molecule has 0 radical (unpaired) electrons. The van der Waals surface area contributed by atoms with E-state index in [1.165, 1.54) is 5.56 Å². The Kier molecular flexibility index (Phi) is 5.25. The minimum atomic E-state index is 0.104. The van der Waals surface area contributed by atoms with Crippen LogP contribution in [-0.4, -0.2) is 60.7 Å². The molecule has 0 saturated carbocycles. The normalized spacial score (nSPS) is 15.3. The third kappa shape index (κ3) is 4.06. The quantitative estimate of drug-likeness (QED) is 0.752. The smallest absolute Gasteiger partial charge is 0.254 e. The first-order valence-electron chi connectivity index (χ1n) is 9.50. The van der Waals surface area contributed by atoms with E-state index in [0.717, 1.165) is 62.3 Å². The Labute approximate surface area is 159 Å². The van der Waals surface area contributed by atoms with E-state index < -0.39 is 0 Å². The van der Waals surface area contributed by atoms with Gasteiger partial charge in [0.2, 0.25) is 6.79 Å². The van der Waals surface area contributed by atoms with Crippen LogP contribution in [-0.2, 0) is 12.8 Å². The molecule has 142 valence electrons. The van der Waals surface area contributed by atoms with E-state index in [4.69, 9.17) is 9.47 Å². The van der Waals surface area contributed by atoms with Gasteiger partial charge in [-0.15, -0.1) is 0 Å². The SMILES string of the molecule is CN(CCCN1CCc2cc3c(cc2C1=O)OCO3)CCc1cccnc1. The molecule has 0 N–H and O–H groups in total. The molecule has 0 bridgehead atoms. The van der Waals surface area contributed by atoms with Crippen molar-refractivity contribution in [3.63, 3.8) is 0 Å². The molecule has 6 nitrogen and oxygen atoms in total. The average molecular weight is 367 g/mol. The number of hydrogen-bond donors (Lipinski definition) is 0. The highest BCUT2D eigenvalue weighted by atomic mass is 16.7. The van der Waals surface area contributed by atoms with Crippen molar-refractivity contribution >= 4 is 5.91 Å². The number of ether oxygens (including phenoxy) is 2. The number of likely N-dealkylation sites (N-methyl/N-ethyl adjacent to an activating group) is 1. The van der Waals surface area contributed by atoms with Crippen molar-refractivity contribution < 1.29 is 14.3 Å². The van der Waals surface area contributed by atoms with Gasteiger partial charge in [-0.3, -0.25) is 9.78 Å². The second kappa shape index (κ2) is 7.96. The molecule has 0 fully saturated rings. The van der Waals surface area contributed by atoms with Crippen LogP contribution in [0.3, 0.4) is 0 Å². The van der Waals surface area contributed by atoms with Gasteiger partial charge in [-0.25, -0.2) is 0 Å². The van der Waals surface area contributed by atoms with E-state index in [9.17, 15) is 4.79 Å². The molecule has 0 aliphatic carbocycles. The second-order valence-electron chi connectivity index (χ2n) is 7.17. The van der Waals surface area contributed by atoms with E-state index in [0.29, 0.717) is 5.75 Å². The van der Waals surface area contributed by atoms with Gasteiger partial charge in [0, 0.05) is 37.6 Å². The van der Waals surface area contributed by atoms with Gasteiger partial charge in [0.25, 0.3) is 5.91 Å². The predicted molar refractivity (Wildman–Crippen MR) is 102 cm³/mol. The maximum absolute atomic E-state index is 12.8. The van der Waals surface area contributed by atoms with E-state index in [1.54, 1.807) is 6.20 Å². The number of benzene rings is 1. The summed E-state index contributed by atoms with van der Waals surface area (Å²) in [5.41, 5.74) is 3.08.